The van der Waals surface area contributed by atoms with Crippen molar-refractivity contribution in [3.05, 3.63) is 120 Å². The fraction of sp³-hybridized carbons (Fsp3) is 0.490. The number of unbranched alkanes of at least 4 members (excludes halogenated alkanes) is 2. The van der Waals surface area contributed by atoms with Crippen molar-refractivity contribution in [1.82, 2.24) is 10.2 Å². The van der Waals surface area contributed by atoms with Crippen molar-refractivity contribution < 1.29 is 43.6 Å². The van der Waals surface area contributed by atoms with Gasteiger partial charge in [0.2, 0.25) is 5.79 Å². The summed E-state index contributed by atoms with van der Waals surface area (Å²) in [5.74, 6) is -1.31. The van der Waals surface area contributed by atoms with Gasteiger partial charge in [0.05, 0.1) is 24.8 Å². The number of fused-ring (bicyclic) bond motifs is 2. The van der Waals surface area contributed by atoms with Gasteiger partial charge in [-0.2, -0.15) is 0 Å². The molecule has 6 atom stereocenters. The molecule has 12 nitrogen and oxygen atoms in total. The fourth-order valence-electron chi connectivity index (χ4n) is 8.97. The molecule has 3 aromatic rings. The van der Waals surface area contributed by atoms with Crippen LogP contribution in [0.1, 0.15) is 88.3 Å². The van der Waals surface area contributed by atoms with Gasteiger partial charge in [0, 0.05) is 44.7 Å². The van der Waals surface area contributed by atoms with Crippen LogP contribution >= 0.6 is 0 Å². The molecule has 1 fully saturated rings. The highest BCUT2D eigenvalue weighted by molar-refractivity contribution is 6.03. The zero-order valence-corrected chi connectivity index (χ0v) is 36.1. The molecule has 3 aromatic carbocycles. The topological polar surface area (TPSA) is 148 Å². The van der Waals surface area contributed by atoms with E-state index in [1.165, 1.54) is 0 Å². The van der Waals surface area contributed by atoms with Crippen LogP contribution in [-0.4, -0.2) is 78.3 Å². The van der Waals surface area contributed by atoms with Crippen LogP contribution < -0.4 is 14.8 Å². The Hall–Kier alpha value is -5.17. The first kappa shape index (κ1) is 45.4. The highest BCUT2D eigenvalue weighted by Gasteiger charge is 2.65. The van der Waals surface area contributed by atoms with Gasteiger partial charge in [0.25, 0.3) is 0 Å². The first-order valence-electron chi connectivity index (χ1n) is 21.6. The van der Waals surface area contributed by atoms with E-state index in [0.29, 0.717) is 36.6 Å². The number of oxime groups is 1. The van der Waals surface area contributed by atoms with E-state index in [-0.39, 0.29) is 62.6 Å². The second kappa shape index (κ2) is 21.1. The minimum absolute atomic E-state index is 0.00103. The Bertz CT molecular complexity index is 1980. The van der Waals surface area contributed by atoms with E-state index in [9.17, 15) is 19.8 Å². The van der Waals surface area contributed by atoms with Crippen LogP contribution in [-0.2, 0) is 27.5 Å². The standard InChI is InChI=1S/C49H63N3O9/c1-6-27-58-49-43(52(5)47(56)57-33-48(2,3)4)30-41(51-59-32-35-19-11-8-12-20-35)39-28-36(21-13-15-25-53)38(22-14-16-26-54)44(45(39)49)40-29-37(23-24-42(40)61-49)60-46(55)50-31-34-17-9-7-10-18-34/h6-12,17-20,23-24,28-29,36,38,43-45,53-54H,1,13-16,21-22,25-27,30-33H2,2-5H3,(H,50,55)/t36-,38+,43-,44+,45+,49+/m0/s1. The maximum Gasteiger partial charge on any atom is 0.412 e. The molecule has 0 aromatic heterocycles. The highest BCUT2D eigenvalue weighted by atomic mass is 16.7. The van der Waals surface area contributed by atoms with Crippen LogP contribution in [0.5, 0.6) is 11.5 Å². The average Bonchev–Trinajstić information content (AvgIpc) is 3.25. The summed E-state index contributed by atoms with van der Waals surface area (Å²) in [4.78, 5) is 35.0. The lowest BCUT2D eigenvalue weighted by Crippen LogP contribution is -2.69. The lowest BCUT2D eigenvalue weighted by molar-refractivity contribution is -0.253. The molecule has 0 bridgehead atoms. The smallest absolute Gasteiger partial charge is 0.412 e. The van der Waals surface area contributed by atoms with Crippen LogP contribution in [0.15, 0.2) is 108 Å². The SMILES string of the molecule is C=CCO[C@@]12Oc3ccc(OC(=O)NCc4ccccc4)cc3[C@H]3[C@H](CCCCO)[C@@H](CCCCO)C=C(C(=NOCc4ccccc4)C[C@@H]1N(C)C(=O)OCC(C)(C)C)[C@H]32. The number of carbonyl (C=O) groups excluding carboxylic acids is 2. The van der Waals surface area contributed by atoms with Crippen LogP contribution in [0.2, 0.25) is 0 Å². The number of benzene rings is 3. The van der Waals surface area contributed by atoms with Crippen LogP contribution in [0.4, 0.5) is 9.59 Å². The predicted molar refractivity (Wildman–Crippen MR) is 234 cm³/mol. The quantitative estimate of drug-likeness (QED) is 0.0612. The lowest BCUT2D eigenvalue weighted by atomic mass is 9.55. The van der Waals surface area contributed by atoms with Gasteiger partial charge >= 0.3 is 12.2 Å². The Morgan fingerprint density at radius 3 is 2.33 bits per heavy atom. The van der Waals surface area contributed by atoms with E-state index in [4.69, 9.17) is 28.9 Å². The number of aliphatic hydroxyl groups is 2. The number of nitrogens with one attached hydrogen (secondary N) is 1. The Balaban J connectivity index is 1.49. The summed E-state index contributed by atoms with van der Waals surface area (Å²) in [6, 6.07) is 24.1. The molecule has 2 amide bonds. The number of allylic oxidation sites excluding steroid dienone is 1. The molecule has 0 unspecified atom stereocenters. The molecular weight excluding hydrogens is 775 g/mol. The third kappa shape index (κ3) is 11.2. The third-order valence-electron chi connectivity index (χ3n) is 11.8. The van der Waals surface area contributed by atoms with E-state index in [2.05, 4.69) is 18.0 Å². The van der Waals surface area contributed by atoms with Crippen molar-refractivity contribution in [1.29, 1.82) is 0 Å². The van der Waals surface area contributed by atoms with E-state index >= 15 is 0 Å². The molecule has 1 heterocycles. The summed E-state index contributed by atoms with van der Waals surface area (Å²) in [6.07, 6.45) is 7.51. The third-order valence-corrected chi connectivity index (χ3v) is 11.8. The number of nitrogens with zero attached hydrogens (tertiary/aromatic N) is 2. The monoisotopic (exact) mass is 837 g/mol. The van der Waals surface area contributed by atoms with Gasteiger partial charge in [-0.1, -0.05) is 112 Å². The van der Waals surface area contributed by atoms with Crippen molar-refractivity contribution in [2.75, 3.05) is 33.5 Å². The van der Waals surface area contributed by atoms with Gasteiger partial charge in [-0.25, -0.2) is 9.59 Å². The van der Waals surface area contributed by atoms with Crippen molar-refractivity contribution in [3.63, 3.8) is 0 Å². The average molecular weight is 838 g/mol. The van der Waals surface area contributed by atoms with Crippen molar-refractivity contribution in [3.8, 4) is 11.5 Å². The van der Waals surface area contributed by atoms with Crippen molar-refractivity contribution >= 4 is 17.9 Å². The molecule has 0 spiro atoms. The lowest BCUT2D eigenvalue weighted by Gasteiger charge is -2.59. The number of carbonyl (C=O) groups is 2. The predicted octanol–water partition coefficient (Wildman–Crippen LogP) is 8.92. The summed E-state index contributed by atoms with van der Waals surface area (Å²) in [7, 11) is 1.71. The molecule has 0 saturated heterocycles. The van der Waals surface area contributed by atoms with E-state index in [0.717, 1.165) is 47.9 Å². The van der Waals surface area contributed by atoms with Crippen LogP contribution in [0.3, 0.4) is 0 Å². The number of aliphatic hydroxyl groups excluding tert-OH is 2. The summed E-state index contributed by atoms with van der Waals surface area (Å²) in [5, 5.41) is 27.5. The van der Waals surface area contributed by atoms with Gasteiger partial charge in [0.15, 0.2) is 0 Å². The molecule has 3 aliphatic rings. The molecule has 0 radical (unpaired) electrons. The van der Waals surface area contributed by atoms with Gasteiger partial charge in [-0.15, -0.1) is 6.58 Å². The molecule has 3 N–H and O–H groups in total. The molecule has 6 rings (SSSR count). The van der Waals surface area contributed by atoms with Crippen molar-refractivity contribution in [2.24, 2.45) is 28.3 Å². The van der Waals surface area contributed by atoms with Crippen molar-refractivity contribution in [2.45, 2.75) is 96.6 Å². The number of amides is 2. The summed E-state index contributed by atoms with van der Waals surface area (Å²) < 4.78 is 26.0. The first-order valence-corrected chi connectivity index (χ1v) is 21.6. The number of likely N-dealkylation sites (N-methyl/N-ethyl adjacent to an activating group) is 1. The molecule has 61 heavy (non-hydrogen) atoms. The summed E-state index contributed by atoms with van der Waals surface area (Å²) in [5.41, 5.74) is 4.05. The first-order chi connectivity index (χ1) is 29.5. The molecule has 1 saturated carbocycles. The molecule has 328 valence electrons. The number of ether oxygens (including phenoxy) is 4. The molecule has 1 aliphatic heterocycles. The molecule has 2 aliphatic carbocycles. The minimum Gasteiger partial charge on any atom is -0.459 e. The molecule has 12 heteroatoms. The fourth-order valence-corrected chi connectivity index (χ4v) is 8.97. The summed E-state index contributed by atoms with van der Waals surface area (Å²) >= 11 is 0. The van der Waals surface area contributed by atoms with Gasteiger partial charge in [-0.3, -0.25) is 0 Å². The maximum atomic E-state index is 14.1. The van der Waals surface area contributed by atoms with E-state index in [1.54, 1.807) is 24.1 Å². The van der Waals surface area contributed by atoms with Gasteiger partial charge < -0.3 is 44.2 Å². The maximum absolute atomic E-state index is 14.1. The zero-order valence-electron chi connectivity index (χ0n) is 36.1. The summed E-state index contributed by atoms with van der Waals surface area (Å²) in [6.45, 7) is 11.1. The largest absolute Gasteiger partial charge is 0.459 e. The normalized spacial score (nSPS) is 23.4. The van der Waals surface area contributed by atoms with Crippen LogP contribution in [0.25, 0.3) is 0 Å². The number of hydrogen-bond donors (Lipinski definition) is 3. The van der Waals surface area contributed by atoms with Gasteiger partial charge in [0.1, 0.15) is 24.1 Å². The Kier molecular flexibility index (Phi) is 15.7. The second-order valence-electron chi connectivity index (χ2n) is 17.5. The zero-order chi connectivity index (χ0) is 43.4. The minimum atomic E-state index is -1.44. The Labute approximate surface area is 360 Å². The number of rotatable bonds is 19. The number of hydrogen-bond acceptors (Lipinski definition) is 10. The molecular formula is C49H63N3O9. The van der Waals surface area contributed by atoms with Gasteiger partial charge in [-0.05, 0) is 77.8 Å². The Morgan fingerprint density at radius 1 is 0.967 bits per heavy atom. The highest BCUT2D eigenvalue weighted by Crippen LogP contribution is 2.61. The van der Waals surface area contributed by atoms with E-state index in [1.807, 2.05) is 93.6 Å². The van der Waals surface area contributed by atoms with Crippen LogP contribution in [0, 0.1) is 23.2 Å². The van der Waals surface area contributed by atoms with E-state index < -0.39 is 29.9 Å². The Morgan fingerprint density at radius 2 is 1.66 bits per heavy atom. The second-order valence-corrected chi connectivity index (χ2v) is 17.5.